The van der Waals surface area contributed by atoms with Gasteiger partial charge in [-0.3, -0.25) is 0 Å². The second-order valence-electron chi connectivity index (χ2n) is 9.15. The van der Waals surface area contributed by atoms with Crippen LogP contribution in [0.5, 0.6) is 0 Å². The Morgan fingerprint density at radius 2 is 1.35 bits per heavy atom. The maximum atomic E-state index is 4.24. The number of rotatable bonds is 4. The van der Waals surface area contributed by atoms with Crippen LogP contribution in [0.4, 0.5) is 0 Å². The average Bonchev–Trinajstić information content (AvgIpc) is 3.33. The predicted octanol–water partition coefficient (Wildman–Crippen LogP) is -0.0952. The van der Waals surface area contributed by atoms with Gasteiger partial charge in [-0.25, -0.2) is 0 Å². The van der Waals surface area contributed by atoms with Crippen LogP contribution in [0.15, 0.2) is 110 Å². The fraction of sp³-hybridized carbons (Fsp3) is 0.133. The molecule has 0 saturated carbocycles. The zero-order chi connectivity index (χ0) is 21.0. The van der Waals surface area contributed by atoms with E-state index in [9.17, 15) is 0 Å². The van der Waals surface area contributed by atoms with Crippen molar-refractivity contribution in [1.82, 2.24) is 0 Å². The summed E-state index contributed by atoms with van der Waals surface area (Å²) in [7, 11) is -2.05. The standard InChI is InChI=1S/C30H26Si.2ClH.Ti/c1-3-20-31(2,29-25-16-8-4-12-21(25)22-13-5-9-17-26(22)29)30-27-18-10-6-14-23(27)24-15-7-11-19-28(24)30;;;/h3-19,25,30H,1,20H2,2H3;2*1H;/q;;;+2/p-2. The molecule has 6 rings (SSSR count). The molecular formula is C30H26Cl2SiTi. The Hall–Kier alpha value is -1.87. The van der Waals surface area contributed by atoms with Gasteiger partial charge in [0, 0.05) is 11.5 Å². The molecule has 0 heterocycles. The molecule has 0 spiro atoms. The molecule has 0 radical (unpaired) electrons. The van der Waals surface area contributed by atoms with E-state index in [1.807, 2.05) is 0 Å². The Kier molecular flexibility index (Phi) is 8.18. The summed E-state index contributed by atoms with van der Waals surface area (Å²) in [4.78, 5) is 0. The van der Waals surface area contributed by atoms with Crippen molar-refractivity contribution in [2.75, 3.05) is 0 Å². The van der Waals surface area contributed by atoms with Crippen molar-refractivity contribution >= 4 is 18.8 Å². The molecule has 0 nitrogen and oxygen atoms in total. The molecule has 4 heteroatoms. The zero-order valence-corrected chi connectivity index (χ0v) is 23.2. The van der Waals surface area contributed by atoms with E-state index in [0.29, 0.717) is 11.5 Å². The normalized spacial score (nSPS) is 18.3. The molecule has 2 atom stereocenters. The summed E-state index contributed by atoms with van der Waals surface area (Å²) >= 11 is 0. The molecule has 2 unspecified atom stereocenters. The number of hydrogen-bond donors (Lipinski definition) is 0. The van der Waals surface area contributed by atoms with Gasteiger partial charge in [0.25, 0.3) is 0 Å². The quantitative estimate of drug-likeness (QED) is 0.325. The van der Waals surface area contributed by atoms with Crippen molar-refractivity contribution in [1.29, 1.82) is 0 Å². The number of halogens is 2. The van der Waals surface area contributed by atoms with Gasteiger partial charge < -0.3 is 24.8 Å². The van der Waals surface area contributed by atoms with Crippen LogP contribution in [-0.2, 0) is 21.7 Å². The smallest absolute Gasteiger partial charge is 1.00 e. The van der Waals surface area contributed by atoms with E-state index in [2.05, 4.69) is 116 Å². The number of benzene rings is 3. The van der Waals surface area contributed by atoms with Crippen LogP contribution in [0.25, 0.3) is 21.9 Å². The summed E-state index contributed by atoms with van der Waals surface area (Å²) in [5, 5.41) is 4.57. The molecule has 3 aromatic carbocycles. The average molecular weight is 533 g/mol. The first kappa shape index (κ1) is 26.7. The third-order valence-corrected chi connectivity index (χ3v) is 12.4. The number of fused-ring (bicyclic) bond motifs is 5. The Balaban J connectivity index is 0.00000108. The molecule has 0 amide bonds. The second-order valence-corrected chi connectivity index (χ2v) is 13.5. The van der Waals surface area contributed by atoms with Crippen LogP contribution in [0.2, 0.25) is 12.6 Å². The predicted molar refractivity (Wildman–Crippen MR) is 135 cm³/mol. The van der Waals surface area contributed by atoms with Crippen LogP contribution in [-0.4, -0.2) is 8.07 Å². The third kappa shape index (κ3) is 3.79. The molecule has 3 aromatic rings. The Morgan fingerprint density at radius 1 is 0.794 bits per heavy atom. The maximum Gasteiger partial charge on any atom is 2.00 e. The topological polar surface area (TPSA) is 0 Å². The molecule has 0 N–H and O–H groups in total. The van der Waals surface area contributed by atoms with Crippen LogP contribution in [0.1, 0.15) is 16.7 Å². The Morgan fingerprint density at radius 3 is 1.97 bits per heavy atom. The molecule has 3 aliphatic rings. The molecule has 168 valence electrons. The van der Waals surface area contributed by atoms with Crippen LogP contribution in [0, 0.1) is 5.92 Å². The van der Waals surface area contributed by atoms with E-state index >= 15 is 0 Å². The zero-order valence-electron chi connectivity index (χ0n) is 19.1. The van der Waals surface area contributed by atoms with E-state index in [1.54, 1.807) is 5.20 Å². The van der Waals surface area contributed by atoms with Gasteiger partial charge in [-0.05, 0) is 44.3 Å². The summed E-state index contributed by atoms with van der Waals surface area (Å²) in [5.41, 5.74) is 7.76. The molecule has 0 aliphatic heterocycles. The number of allylic oxidation sites excluding steroid dienone is 5. The first-order valence-corrected chi connectivity index (χ1v) is 14.0. The second kappa shape index (κ2) is 10.4. The Labute approximate surface area is 230 Å². The van der Waals surface area contributed by atoms with Gasteiger partial charge in [0.05, 0.1) is 8.07 Å². The first-order valence-electron chi connectivity index (χ1n) is 11.2. The monoisotopic (exact) mass is 532 g/mol. The van der Waals surface area contributed by atoms with E-state index in [-0.39, 0.29) is 46.5 Å². The molecule has 0 bridgehead atoms. The van der Waals surface area contributed by atoms with Gasteiger partial charge in [0.15, 0.2) is 0 Å². The minimum Gasteiger partial charge on any atom is -1.00 e. The van der Waals surface area contributed by atoms with Gasteiger partial charge in [-0.2, -0.15) is 0 Å². The summed E-state index contributed by atoms with van der Waals surface area (Å²) in [6.07, 6.45) is 11.4. The Bertz CT molecular complexity index is 1380. The van der Waals surface area contributed by atoms with Crippen LogP contribution < -0.4 is 35.3 Å². The molecule has 3 aliphatic carbocycles. The van der Waals surface area contributed by atoms with Gasteiger partial charge in [-0.15, -0.1) is 6.58 Å². The fourth-order valence-corrected chi connectivity index (χ4v) is 11.4. The van der Waals surface area contributed by atoms with Crippen molar-refractivity contribution in [2.24, 2.45) is 5.92 Å². The van der Waals surface area contributed by atoms with E-state index in [0.717, 1.165) is 6.04 Å². The van der Waals surface area contributed by atoms with Crippen molar-refractivity contribution in [2.45, 2.75) is 18.1 Å². The van der Waals surface area contributed by atoms with Crippen LogP contribution >= 0.6 is 0 Å². The minimum atomic E-state index is -2.05. The molecule has 0 fully saturated rings. The maximum absolute atomic E-state index is 4.24. The van der Waals surface area contributed by atoms with Crippen molar-refractivity contribution in [3.05, 3.63) is 131 Å². The molecule has 0 aromatic heterocycles. The summed E-state index contributed by atoms with van der Waals surface area (Å²) in [6.45, 7) is 6.85. The third-order valence-electron chi connectivity index (χ3n) is 7.52. The molecule has 34 heavy (non-hydrogen) atoms. The van der Waals surface area contributed by atoms with Gasteiger partial charge >= 0.3 is 21.7 Å². The van der Waals surface area contributed by atoms with Gasteiger partial charge in [-0.1, -0.05) is 115 Å². The number of hydrogen-bond acceptors (Lipinski definition) is 0. The van der Waals surface area contributed by atoms with Crippen molar-refractivity contribution in [3.8, 4) is 11.1 Å². The summed E-state index contributed by atoms with van der Waals surface area (Å²) in [6, 6.07) is 28.3. The molecule has 0 saturated heterocycles. The van der Waals surface area contributed by atoms with E-state index < -0.39 is 8.07 Å². The van der Waals surface area contributed by atoms with Crippen LogP contribution in [0.3, 0.4) is 0 Å². The SMILES string of the molecule is C=CC[Si](C)(C1=c2ccccc2=C2C=CC=CC21)C1c2ccccc2-c2ccccc21.[Cl-].[Cl-].[Ti+2]. The van der Waals surface area contributed by atoms with Crippen molar-refractivity contribution in [3.63, 3.8) is 0 Å². The first-order chi connectivity index (χ1) is 15.2. The summed E-state index contributed by atoms with van der Waals surface area (Å²) < 4.78 is 0. The van der Waals surface area contributed by atoms with E-state index in [1.165, 1.54) is 38.3 Å². The minimum absolute atomic E-state index is 0. The van der Waals surface area contributed by atoms with E-state index in [4.69, 9.17) is 0 Å². The van der Waals surface area contributed by atoms with Gasteiger partial charge in [0.2, 0.25) is 0 Å². The molecular weight excluding hydrogens is 507 g/mol. The van der Waals surface area contributed by atoms with Crippen molar-refractivity contribution < 1.29 is 46.5 Å². The largest absolute Gasteiger partial charge is 2.00 e. The fourth-order valence-electron chi connectivity index (χ4n) is 6.38. The van der Waals surface area contributed by atoms with Gasteiger partial charge in [0.1, 0.15) is 0 Å². The summed E-state index contributed by atoms with van der Waals surface area (Å²) in [5.74, 6) is 0.388.